The fraction of sp³-hybridized carbons (Fsp3) is 0.515. The van der Waals surface area contributed by atoms with Gasteiger partial charge >= 0.3 is 12.2 Å². The molecular weight excluding hydrogens is 635 g/mol. The molecule has 2 aromatic carbocycles. The number of hydrogen-bond acceptors (Lipinski definition) is 9. The van der Waals surface area contributed by atoms with E-state index in [0.717, 1.165) is 47.1 Å². The van der Waals surface area contributed by atoms with Crippen LogP contribution in [0.3, 0.4) is 0 Å². The Morgan fingerprint density at radius 1 is 1.11 bits per heavy atom. The minimum atomic E-state index is -4.61. The van der Waals surface area contributed by atoms with Gasteiger partial charge in [-0.1, -0.05) is 35.9 Å². The number of aromatic nitrogens is 2. The zero-order valence-corrected chi connectivity index (χ0v) is 26.7. The summed E-state index contributed by atoms with van der Waals surface area (Å²) in [7, 11) is 2.08. The first-order valence-corrected chi connectivity index (χ1v) is 16.3. The maximum atomic E-state index is 13.2. The molecule has 1 amide bonds. The number of halogens is 4. The fourth-order valence-electron chi connectivity index (χ4n) is 7.15. The maximum Gasteiger partial charge on any atom is 0.417 e. The quantitative estimate of drug-likeness (QED) is 0.335. The number of amides is 1. The van der Waals surface area contributed by atoms with Gasteiger partial charge in [-0.25, -0.2) is 0 Å². The molecule has 0 aliphatic carbocycles. The van der Waals surface area contributed by atoms with E-state index >= 15 is 0 Å². The number of fused-ring (bicyclic) bond motifs is 2. The number of benzene rings is 2. The molecule has 1 aromatic heterocycles. The van der Waals surface area contributed by atoms with E-state index in [-0.39, 0.29) is 31.6 Å². The minimum Gasteiger partial charge on any atom is -0.462 e. The summed E-state index contributed by atoms with van der Waals surface area (Å²) in [5.41, 5.74) is 2.78. The van der Waals surface area contributed by atoms with E-state index in [9.17, 15) is 23.2 Å². The van der Waals surface area contributed by atoms with Crippen LogP contribution in [0, 0.1) is 11.3 Å². The van der Waals surface area contributed by atoms with Crippen molar-refractivity contribution in [3.63, 3.8) is 0 Å². The standard InChI is InChI=1S/C33H35ClF3N7O3/c1-41-13-4-7-22(41)19-46-32-39-25-18-42(26-9-3-6-20-5-2-8-24(34)27(20)26)14-11-23(25)30(40-32)43-15-16-44(21(17-43)10-12-38)31(45)28-29(47-28)33(35,36)37/h2-3,5-6,8-9,21-22,28-29H,4,7,10-11,13-19H2,1H3/t21-,22-,28+,29-/m0/s1. The van der Waals surface area contributed by atoms with E-state index in [1.54, 1.807) is 0 Å². The highest BCUT2D eigenvalue weighted by Crippen LogP contribution is 2.40. The molecule has 248 valence electrons. The van der Waals surface area contributed by atoms with Crippen LogP contribution in [0.5, 0.6) is 6.01 Å². The van der Waals surface area contributed by atoms with Gasteiger partial charge in [-0.3, -0.25) is 4.79 Å². The lowest BCUT2D eigenvalue weighted by atomic mass is 10.0. The lowest BCUT2D eigenvalue weighted by molar-refractivity contribution is -0.148. The van der Waals surface area contributed by atoms with E-state index in [0.29, 0.717) is 43.5 Å². The number of carbonyl (C=O) groups is 1. The highest BCUT2D eigenvalue weighted by Gasteiger charge is 2.62. The van der Waals surface area contributed by atoms with Crippen molar-refractivity contribution in [2.45, 2.75) is 62.7 Å². The number of piperazine rings is 1. The Hall–Kier alpha value is -3.86. The second-order valence-corrected chi connectivity index (χ2v) is 13.0. The van der Waals surface area contributed by atoms with Gasteiger partial charge in [-0.2, -0.15) is 28.4 Å². The Morgan fingerprint density at radius 2 is 1.91 bits per heavy atom. The third-order valence-electron chi connectivity index (χ3n) is 9.72. The predicted octanol–water partition coefficient (Wildman–Crippen LogP) is 4.58. The van der Waals surface area contributed by atoms with Crippen molar-refractivity contribution in [2.24, 2.45) is 0 Å². The van der Waals surface area contributed by atoms with Gasteiger partial charge in [-0.05, 0) is 50.4 Å². The molecule has 14 heteroatoms. The molecule has 0 radical (unpaired) electrons. The molecule has 0 spiro atoms. The largest absolute Gasteiger partial charge is 0.462 e. The molecule has 0 unspecified atom stereocenters. The first kappa shape index (κ1) is 31.7. The molecule has 4 aliphatic rings. The Balaban J connectivity index is 1.18. The van der Waals surface area contributed by atoms with E-state index in [1.807, 2.05) is 35.2 Å². The third kappa shape index (κ3) is 6.26. The lowest BCUT2D eigenvalue weighted by Crippen LogP contribution is -2.57. The average molecular weight is 670 g/mol. The lowest BCUT2D eigenvalue weighted by Gasteiger charge is -2.42. The summed E-state index contributed by atoms with van der Waals surface area (Å²) in [6, 6.07) is 14.0. The first-order valence-electron chi connectivity index (χ1n) is 15.9. The number of likely N-dealkylation sites (tertiary alicyclic amines) is 1. The number of likely N-dealkylation sites (N-methyl/N-ethyl adjacent to an activating group) is 1. The first-order chi connectivity index (χ1) is 22.6. The second-order valence-electron chi connectivity index (χ2n) is 12.6. The Kier molecular flexibility index (Phi) is 8.53. The normalized spacial score (nSPS) is 24.7. The molecular formula is C33H35ClF3N7O3. The molecule has 0 saturated carbocycles. The molecule has 4 aliphatic heterocycles. The zero-order valence-electron chi connectivity index (χ0n) is 25.9. The van der Waals surface area contributed by atoms with Crippen molar-refractivity contribution in [2.75, 3.05) is 56.2 Å². The van der Waals surface area contributed by atoms with Crippen LogP contribution in [-0.2, 0) is 22.5 Å². The van der Waals surface area contributed by atoms with Gasteiger partial charge in [0.15, 0.2) is 12.2 Å². The van der Waals surface area contributed by atoms with Crippen LogP contribution in [-0.4, -0.2) is 103 Å². The number of nitrogens with zero attached hydrogens (tertiary/aromatic N) is 7. The fourth-order valence-corrected chi connectivity index (χ4v) is 7.43. The molecule has 47 heavy (non-hydrogen) atoms. The van der Waals surface area contributed by atoms with Crippen LogP contribution in [0.1, 0.15) is 30.5 Å². The van der Waals surface area contributed by atoms with Crippen molar-refractivity contribution in [1.29, 1.82) is 5.26 Å². The molecule has 3 aromatic rings. The van der Waals surface area contributed by atoms with Crippen molar-refractivity contribution in [1.82, 2.24) is 19.8 Å². The number of ether oxygens (including phenoxy) is 2. The topological polar surface area (TPSA) is 101 Å². The van der Waals surface area contributed by atoms with E-state index in [4.69, 9.17) is 31.0 Å². The predicted molar refractivity (Wildman–Crippen MR) is 170 cm³/mol. The number of hydrogen-bond donors (Lipinski definition) is 0. The monoisotopic (exact) mass is 669 g/mol. The van der Waals surface area contributed by atoms with Crippen LogP contribution in [0.4, 0.5) is 24.7 Å². The van der Waals surface area contributed by atoms with Crippen molar-refractivity contribution >= 4 is 39.8 Å². The van der Waals surface area contributed by atoms with Crippen LogP contribution in [0.15, 0.2) is 36.4 Å². The van der Waals surface area contributed by atoms with E-state index in [2.05, 4.69) is 29.0 Å². The van der Waals surface area contributed by atoms with Crippen LogP contribution in [0.25, 0.3) is 10.8 Å². The number of epoxide rings is 1. The summed E-state index contributed by atoms with van der Waals surface area (Å²) in [6.45, 7) is 3.32. The van der Waals surface area contributed by atoms with Gasteiger partial charge in [0.1, 0.15) is 12.4 Å². The number of nitriles is 1. The molecule has 0 bridgehead atoms. The van der Waals surface area contributed by atoms with Crippen molar-refractivity contribution < 1.29 is 27.4 Å². The van der Waals surface area contributed by atoms with Crippen LogP contribution >= 0.6 is 11.6 Å². The van der Waals surface area contributed by atoms with Gasteiger partial charge in [0, 0.05) is 48.9 Å². The van der Waals surface area contributed by atoms with Crippen molar-refractivity contribution in [3.05, 3.63) is 52.7 Å². The summed E-state index contributed by atoms with van der Waals surface area (Å²) >= 11 is 6.68. The van der Waals surface area contributed by atoms with E-state index < -0.39 is 30.3 Å². The van der Waals surface area contributed by atoms with Crippen LogP contribution in [0.2, 0.25) is 5.02 Å². The SMILES string of the molecule is CN1CCC[C@H]1COc1nc2c(c(N3CCN(C(=O)[C@@H]4O[C@@H]4C(F)(F)F)[C@@H](CC#N)C3)n1)CCN(c1cccc3cccc(Cl)c13)C2. The molecule has 4 atom stereocenters. The molecule has 7 rings (SSSR count). The smallest absolute Gasteiger partial charge is 0.417 e. The van der Waals surface area contributed by atoms with Gasteiger partial charge in [0.25, 0.3) is 5.91 Å². The minimum absolute atomic E-state index is 0.0358. The summed E-state index contributed by atoms with van der Waals surface area (Å²) in [5, 5.41) is 12.3. The second kappa shape index (κ2) is 12.6. The summed E-state index contributed by atoms with van der Waals surface area (Å²) < 4.78 is 50.4. The third-order valence-corrected chi connectivity index (χ3v) is 10.0. The molecule has 0 N–H and O–H groups in total. The van der Waals surface area contributed by atoms with Gasteiger partial charge < -0.3 is 29.1 Å². The van der Waals surface area contributed by atoms with Crippen molar-refractivity contribution in [3.8, 4) is 12.1 Å². The van der Waals surface area contributed by atoms with Gasteiger partial charge in [-0.15, -0.1) is 0 Å². The van der Waals surface area contributed by atoms with Gasteiger partial charge in [0.2, 0.25) is 0 Å². The summed E-state index contributed by atoms with van der Waals surface area (Å²) in [4.78, 5) is 30.8. The number of anilines is 2. The molecule has 10 nitrogen and oxygen atoms in total. The van der Waals surface area contributed by atoms with E-state index in [1.165, 1.54) is 4.90 Å². The Bertz CT molecular complexity index is 1710. The number of carbonyl (C=O) groups excluding carboxylic acids is 1. The summed E-state index contributed by atoms with van der Waals surface area (Å²) in [5.74, 6) is -0.0581. The van der Waals surface area contributed by atoms with Crippen LogP contribution < -0.4 is 14.5 Å². The Morgan fingerprint density at radius 3 is 2.64 bits per heavy atom. The maximum absolute atomic E-state index is 13.2. The van der Waals surface area contributed by atoms with Gasteiger partial charge in [0.05, 0.1) is 35.8 Å². The average Bonchev–Trinajstić information content (AvgIpc) is 3.78. The highest BCUT2D eigenvalue weighted by molar-refractivity contribution is 6.36. The number of rotatable bonds is 7. The molecule has 5 heterocycles. The molecule has 3 fully saturated rings. The highest BCUT2D eigenvalue weighted by atomic mass is 35.5. The number of alkyl halides is 3. The Labute approximate surface area is 275 Å². The summed E-state index contributed by atoms with van der Waals surface area (Å²) in [6.07, 6.45) is -5.55. The zero-order chi connectivity index (χ0) is 32.9. The molecule has 3 saturated heterocycles.